The number of aromatic nitrogens is 2. The normalized spacial score (nSPS) is 21.6. The van der Waals surface area contributed by atoms with Crippen LogP contribution < -0.4 is 5.32 Å². The van der Waals surface area contributed by atoms with Gasteiger partial charge in [0.05, 0.1) is 18.0 Å². The van der Waals surface area contributed by atoms with E-state index in [1.54, 1.807) is 11.0 Å². The summed E-state index contributed by atoms with van der Waals surface area (Å²) >= 11 is 0. The van der Waals surface area contributed by atoms with Gasteiger partial charge in [-0.25, -0.2) is 4.68 Å². The summed E-state index contributed by atoms with van der Waals surface area (Å²) in [6.45, 7) is 9.14. The minimum atomic E-state index is -0.00490. The molecule has 196 valence electrons. The fourth-order valence-electron chi connectivity index (χ4n) is 4.27. The smallest absolute Gasteiger partial charge is 0.246 e. The van der Waals surface area contributed by atoms with E-state index in [1.165, 1.54) is 5.56 Å². The lowest BCUT2D eigenvalue weighted by Crippen LogP contribution is -2.30. The van der Waals surface area contributed by atoms with E-state index in [2.05, 4.69) is 41.4 Å². The first-order valence-electron chi connectivity index (χ1n) is 12.8. The summed E-state index contributed by atoms with van der Waals surface area (Å²) in [4.78, 5) is 16.2. The molecule has 1 N–H and O–H groups in total. The highest BCUT2D eigenvalue weighted by Crippen LogP contribution is 2.27. The van der Waals surface area contributed by atoms with Crippen LogP contribution in [0.1, 0.15) is 25.8 Å². The van der Waals surface area contributed by atoms with Gasteiger partial charge in [-0.2, -0.15) is 5.10 Å². The zero-order valence-electron chi connectivity index (χ0n) is 22.5. The molecule has 1 aromatic heterocycles. The number of rotatable bonds is 8. The third kappa shape index (κ3) is 6.51. The van der Waals surface area contributed by atoms with E-state index in [-0.39, 0.29) is 5.91 Å². The minimum Gasteiger partial charge on any atom is -0.460 e. The summed E-state index contributed by atoms with van der Waals surface area (Å²) in [6, 6.07) is 10.4. The predicted molar refractivity (Wildman–Crippen MR) is 146 cm³/mol. The molecule has 0 spiro atoms. The van der Waals surface area contributed by atoms with Gasteiger partial charge in [-0.3, -0.25) is 4.79 Å². The summed E-state index contributed by atoms with van der Waals surface area (Å²) < 4.78 is 13.8. The topological polar surface area (TPSA) is 71.9 Å². The summed E-state index contributed by atoms with van der Waals surface area (Å²) in [5.74, 6) is 2.32. The summed E-state index contributed by atoms with van der Waals surface area (Å²) in [7, 11) is 3.85. The average Bonchev–Trinajstić information content (AvgIpc) is 3.38. The zero-order valence-corrected chi connectivity index (χ0v) is 22.5. The second-order valence-electron chi connectivity index (χ2n) is 9.34. The largest absolute Gasteiger partial charge is 0.460 e. The van der Waals surface area contributed by atoms with E-state index in [0.717, 1.165) is 34.8 Å². The molecule has 0 saturated heterocycles. The van der Waals surface area contributed by atoms with Crippen LogP contribution in [0.3, 0.4) is 0 Å². The highest BCUT2D eigenvalue weighted by molar-refractivity contribution is 5.89. The van der Waals surface area contributed by atoms with E-state index in [0.29, 0.717) is 44.4 Å². The Kier molecular flexibility index (Phi) is 8.50. The molecule has 1 aromatic carbocycles. The second kappa shape index (κ2) is 12.0. The Morgan fingerprint density at radius 2 is 1.97 bits per heavy atom. The summed E-state index contributed by atoms with van der Waals surface area (Å²) in [6.07, 6.45) is 8.50. The Labute approximate surface area is 219 Å². The molecule has 0 radical (unpaired) electrons. The van der Waals surface area contributed by atoms with Crippen LogP contribution in [0.4, 0.5) is 0 Å². The van der Waals surface area contributed by atoms with Gasteiger partial charge in [0, 0.05) is 69.8 Å². The van der Waals surface area contributed by atoms with Gasteiger partial charge >= 0.3 is 0 Å². The molecule has 0 fully saturated rings. The van der Waals surface area contributed by atoms with Crippen LogP contribution in [-0.4, -0.2) is 72.4 Å². The molecule has 8 nitrogen and oxygen atoms in total. The number of hydrogen-bond acceptors (Lipinski definition) is 6. The molecule has 0 unspecified atom stereocenters. The fourth-order valence-corrected chi connectivity index (χ4v) is 4.27. The van der Waals surface area contributed by atoms with Gasteiger partial charge < -0.3 is 24.6 Å². The number of nitrogens with zero attached hydrogens (tertiary/aromatic N) is 4. The van der Waals surface area contributed by atoms with Crippen LogP contribution in [0.15, 0.2) is 77.5 Å². The van der Waals surface area contributed by atoms with Gasteiger partial charge in [0.15, 0.2) is 0 Å². The molecule has 2 aliphatic rings. The lowest BCUT2D eigenvalue weighted by atomic mass is 10.1. The van der Waals surface area contributed by atoms with Crippen LogP contribution in [0, 0.1) is 6.92 Å². The number of ether oxygens (including phenoxy) is 2. The number of carbonyl (C=O) groups excluding carboxylic acids is 1. The van der Waals surface area contributed by atoms with Crippen molar-refractivity contribution in [1.82, 2.24) is 24.9 Å². The average molecular weight is 504 g/mol. The maximum Gasteiger partial charge on any atom is 0.246 e. The molecular formula is C29H37N5O3. The SMILES string of the molecule is CCOCCNC1=C(/C)O/C(C2=CC(=O)N(C)CC2)=C\CN(C)/C(n2ccc(-c3cccc(C)c3)n2)=C\1. The maximum absolute atomic E-state index is 12.4. The summed E-state index contributed by atoms with van der Waals surface area (Å²) in [5, 5.41) is 8.37. The number of allylic oxidation sites excluding steroid dienone is 3. The lowest BCUT2D eigenvalue weighted by Gasteiger charge is -2.24. The Bertz CT molecular complexity index is 1250. The lowest BCUT2D eigenvalue weighted by molar-refractivity contribution is -0.125. The van der Waals surface area contributed by atoms with Gasteiger partial charge in [0.2, 0.25) is 5.91 Å². The van der Waals surface area contributed by atoms with Gasteiger partial charge in [-0.1, -0.05) is 23.8 Å². The number of hydrogen-bond donors (Lipinski definition) is 1. The molecular weight excluding hydrogens is 466 g/mol. The van der Waals surface area contributed by atoms with Gasteiger partial charge in [0.25, 0.3) is 0 Å². The van der Waals surface area contributed by atoms with Crippen LogP contribution in [-0.2, 0) is 14.3 Å². The second-order valence-corrected chi connectivity index (χ2v) is 9.34. The first kappa shape index (κ1) is 26.3. The van der Waals surface area contributed by atoms with Crippen molar-refractivity contribution in [2.45, 2.75) is 27.2 Å². The molecule has 0 saturated carbocycles. The molecule has 8 heteroatoms. The van der Waals surface area contributed by atoms with Crippen molar-refractivity contribution in [2.75, 3.05) is 46.9 Å². The fraction of sp³-hybridized carbons (Fsp3) is 0.379. The number of benzene rings is 1. The molecule has 4 rings (SSSR count). The quantitative estimate of drug-likeness (QED) is 0.546. The Hall–Kier alpha value is -3.78. The highest BCUT2D eigenvalue weighted by atomic mass is 16.5. The maximum atomic E-state index is 12.4. The number of aryl methyl sites for hydroxylation is 1. The van der Waals surface area contributed by atoms with E-state index >= 15 is 0 Å². The monoisotopic (exact) mass is 503 g/mol. The summed E-state index contributed by atoms with van der Waals surface area (Å²) in [5.41, 5.74) is 4.93. The molecule has 0 aliphatic carbocycles. The van der Waals surface area contributed by atoms with Crippen molar-refractivity contribution in [1.29, 1.82) is 0 Å². The van der Waals surface area contributed by atoms with Crippen LogP contribution >= 0.6 is 0 Å². The van der Waals surface area contributed by atoms with E-state index in [9.17, 15) is 4.79 Å². The Balaban J connectivity index is 1.70. The minimum absolute atomic E-state index is 0.00490. The van der Waals surface area contributed by atoms with Gasteiger partial charge in [-0.15, -0.1) is 0 Å². The van der Waals surface area contributed by atoms with E-state index < -0.39 is 0 Å². The molecule has 0 bridgehead atoms. The highest BCUT2D eigenvalue weighted by Gasteiger charge is 2.21. The van der Waals surface area contributed by atoms with Gasteiger partial charge in [0.1, 0.15) is 17.3 Å². The zero-order chi connectivity index (χ0) is 26.4. The molecule has 3 heterocycles. The van der Waals surface area contributed by atoms with Crippen LogP contribution in [0.5, 0.6) is 0 Å². The predicted octanol–water partition coefficient (Wildman–Crippen LogP) is 4.15. The molecule has 2 aromatic rings. The van der Waals surface area contributed by atoms with E-state index in [1.807, 2.05) is 57.0 Å². The van der Waals surface area contributed by atoms with Crippen molar-refractivity contribution in [2.24, 2.45) is 0 Å². The van der Waals surface area contributed by atoms with Crippen LogP contribution in [0.25, 0.3) is 17.1 Å². The first-order valence-corrected chi connectivity index (χ1v) is 12.8. The number of nitrogens with one attached hydrogen (secondary N) is 1. The third-order valence-corrected chi connectivity index (χ3v) is 6.47. The van der Waals surface area contributed by atoms with Crippen molar-refractivity contribution in [3.05, 3.63) is 83.1 Å². The molecule has 1 amide bonds. The molecule has 37 heavy (non-hydrogen) atoms. The van der Waals surface area contributed by atoms with Crippen molar-refractivity contribution in [3.63, 3.8) is 0 Å². The Morgan fingerprint density at radius 1 is 1.14 bits per heavy atom. The van der Waals surface area contributed by atoms with Gasteiger partial charge in [-0.05, 0) is 45.4 Å². The molecule has 0 atom stereocenters. The van der Waals surface area contributed by atoms with Crippen LogP contribution in [0.2, 0.25) is 0 Å². The van der Waals surface area contributed by atoms with E-state index in [4.69, 9.17) is 14.6 Å². The van der Waals surface area contributed by atoms with Crippen molar-refractivity contribution < 1.29 is 14.3 Å². The standard InChI is InChI=1S/C29H37N5O3/c1-6-36-17-13-30-26-20-28(34-16-11-25(31-34)23-9-7-8-21(2)18-23)32(4)15-12-27(37-22(26)3)24-10-14-33(5)29(35)19-24/h7-9,11-12,16,18-20,30H,6,10,13-15,17H2,1-5H3/b26-22-,27-12-,28-20+. The van der Waals surface area contributed by atoms with Crippen molar-refractivity contribution in [3.8, 4) is 11.3 Å². The Morgan fingerprint density at radius 3 is 2.73 bits per heavy atom. The molecule has 2 aliphatic heterocycles. The van der Waals surface area contributed by atoms with Crippen molar-refractivity contribution >= 4 is 11.7 Å². The number of carbonyl (C=O) groups is 1. The number of amides is 1. The third-order valence-electron chi connectivity index (χ3n) is 6.47. The first-order chi connectivity index (χ1) is 17.9. The number of likely N-dealkylation sites (N-methyl/N-ethyl adjacent to an activating group) is 2.